The van der Waals surface area contributed by atoms with Gasteiger partial charge in [0.15, 0.2) is 5.78 Å². The van der Waals surface area contributed by atoms with E-state index in [4.69, 9.17) is 4.98 Å². The van der Waals surface area contributed by atoms with Gasteiger partial charge in [0, 0.05) is 11.9 Å². The molecule has 1 aromatic carbocycles. The zero-order valence-electron chi connectivity index (χ0n) is 20.6. The van der Waals surface area contributed by atoms with Crippen LogP contribution >= 0.6 is 0 Å². The van der Waals surface area contributed by atoms with Gasteiger partial charge in [0.05, 0.1) is 46.4 Å². The van der Waals surface area contributed by atoms with E-state index in [0.717, 1.165) is 29.8 Å². The van der Waals surface area contributed by atoms with E-state index >= 15 is 0 Å². The molecule has 2 atom stereocenters. The average Bonchev–Trinajstić information content (AvgIpc) is 3.26. The maximum Gasteiger partial charge on any atom is 0.187 e. The van der Waals surface area contributed by atoms with Crippen molar-refractivity contribution in [3.05, 3.63) is 101 Å². The fraction of sp³-hybridized carbons (Fsp3) is 0.276. The Balaban J connectivity index is 1.40. The van der Waals surface area contributed by atoms with Gasteiger partial charge in [-0.1, -0.05) is 32.6 Å². The Kier molecular flexibility index (Phi) is 5.19. The molecule has 6 nitrogen and oxygen atoms in total. The highest BCUT2D eigenvalue weighted by molar-refractivity contribution is 5.96. The van der Waals surface area contributed by atoms with Gasteiger partial charge in [-0.25, -0.2) is 13.8 Å². The summed E-state index contributed by atoms with van der Waals surface area (Å²) in [6, 6.07) is 11.1. The van der Waals surface area contributed by atoms with Gasteiger partial charge in [-0.3, -0.25) is 9.79 Å². The number of hydrogen-bond acceptors (Lipinski definition) is 6. The minimum Gasteiger partial charge on any atom is -0.359 e. The number of Topliss-reactive ketones (excluding diaryl/α,β-unsaturated/α-hetero) is 1. The topological polar surface area (TPSA) is 80.1 Å². The van der Waals surface area contributed by atoms with Gasteiger partial charge in [-0.05, 0) is 60.1 Å². The molecule has 1 aliphatic heterocycles. The molecule has 37 heavy (non-hydrogen) atoms. The third-order valence-electron chi connectivity index (χ3n) is 8.23. The monoisotopic (exact) mass is 497 g/mol. The first kappa shape index (κ1) is 23.3. The number of pyridine rings is 1. The fourth-order valence-electron chi connectivity index (χ4n) is 6.35. The Hall–Kier alpha value is -4.07. The van der Waals surface area contributed by atoms with Crippen molar-refractivity contribution in [1.82, 2.24) is 20.5 Å². The lowest BCUT2D eigenvalue weighted by Crippen LogP contribution is -2.38. The summed E-state index contributed by atoms with van der Waals surface area (Å²) in [6.07, 6.45) is 5.04. The van der Waals surface area contributed by atoms with Crippen molar-refractivity contribution in [3.8, 4) is 11.3 Å². The van der Waals surface area contributed by atoms with Gasteiger partial charge in [0.2, 0.25) is 0 Å². The minimum absolute atomic E-state index is 0.111. The van der Waals surface area contributed by atoms with E-state index < -0.39 is 17.0 Å². The SMILES string of the molecule is C=C1C=NC(CC(=O)c2cccc([C@@]34CC[C@@H](c5cc(-c6c(F)cccc6F)nnc53)C4(C)C)n2)=CN1. The average molecular weight is 498 g/mol. The lowest BCUT2D eigenvalue weighted by molar-refractivity contribution is 0.0986. The van der Waals surface area contributed by atoms with Gasteiger partial charge in [0.25, 0.3) is 0 Å². The number of nitrogens with zero attached hydrogens (tertiary/aromatic N) is 4. The van der Waals surface area contributed by atoms with E-state index in [0.29, 0.717) is 17.1 Å². The van der Waals surface area contributed by atoms with Crippen LogP contribution in [0.15, 0.2) is 71.6 Å². The smallest absolute Gasteiger partial charge is 0.187 e. The number of fused-ring (bicyclic) bond motifs is 5. The standard InChI is InChI=1S/C29H25F2N5O/c1-16-14-33-17(15-32-16)12-24(37)22-8-5-9-25(34-22)29-11-10-19(28(29,2)3)18-13-23(35-36-27(18)29)26-20(30)6-4-7-21(26)31/h4-9,13-15,19,32H,1,10-12H2,2-3H3/t19-,29-/m0/s1. The number of aliphatic imine (C=N–C) groups is 1. The molecule has 0 amide bonds. The summed E-state index contributed by atoms with van der Waals surface area (Å²) in [5, 5.41) is 11.8. The molecule has 0 radical (unpaired) electrons. The molecule has 2 aromatic heterocycles. The number of allylic oxidation sites excluding steroid dienone is 2. The summed E-state index contributed by atoms with van der Waals surface area (Å²) < 4.78 is 29.0. The Labute approximate surface area is 213 Å². The van der Waals surface area contributed by atoms with Crippen molar-refractivity contribution < 1.29 is 13.6 Å². The van der Waals surface area contributed by atoms with E-state index in [9.17, 15) is 13.6 Å². The van der Waals surface area contributed by atoms with E-state index in [1.165, 1.54) is 18.2 Å². The summed E-state index contributed by atoms with van der Waals surface area (Å²) >= 11 is 0. The molecule has 8 heteroatoms. The van der Waals surface area contributed by atoms with Crippen LogP contribution in [0.2, 0.25) is 0 Å². The summed E-state index contributed by atoms with van der Waals surface area (Å²) in [6.45, 7) is 8.12. The second-order valence-corrected chi connectivity index (χ2v) is 10.4. The normalized spacial score (nSPS) is 23.0. The Morgan fingerprint density at radius 3 is 2.62 bits per heavy atom. The lowest BCUT2D eigenvalue weighted by atomic mass is 9.66. The highest BCUT2D eigenvalue weighted by Gasteiger charge is 2.65. The molecule has 3 aromatic rings. The summed E-state index contributed by atoms with van der Waals surface area (Å²) in [5.74, 6) is -1.36. The van der Waals surface area contributed by atoms with E-state index in [1.807, 2.05) is 12.1 Å². The number of halogens is 2. The van der Waals surface area contributed by atoms with Crippen LogP contribution in [-0.2, 0) is 5.41 Å². The minimum atomic E-state index is -0.670. The molecule has 1 saturated carbocycles. The number of aromatic nitrogens is 3. The van der Waals surface area contributed by atoms with Gasteiger partial charge in [0.1, 0.15) is 17.3 Å². The highest BCUT2D eigenvalue weighted by atomic mass is 19.1. The molecule has 186 valence electrons. The first-order valence-corrected chi connectivity index (χ1v) is 12.2. The third-order valence-corrected chi connectivity index (χ3v) is 8.23. The third kappa shape index (κ3) is 3.38. The largest absolute Gasteiger partial charge is 0.359 e. The van der Waals surface area contributed by atoms with Crippen molar-refractivity contribution in [3.63, 3.8) is 0 Å². The zero-order valence-corrected chi connectivity index (χ0v) is 20.6. The molecule has 1 N–H and O–H groups in total. The van der Waals surface area contributed by atoms with Crippen LogP contribution in [0.1, 0.15) is 66.5 Å². The number of hydrogen-bond donors (Lipinski definition) is 1. The first-order chi connectivity index (χ1) is 17.7. The molecule has 6 rings (SSSR count). The van der Waals surface area contributed by atoms with Crippen molar-refractivity contribution in [2.45, 2.75) is 44.4 Å². The van der Waals surface area contributed by atoms with Crippen LogP contribution in [0, 0.1) is 17.0 Å². The summed E-state index contributed by atoms with van der Waals surface area (Å²) in [4.78, 5) is 22.2. The summed E-state index contributed by atoms with van der Waals surface area (Å²) in [7, 11) is 0. The molecule has 2 aliphatic carbocycles. The van der Waals surface area contributed by atoms with Crippen molar-refractivity contribution in [2.24, 2.45) is 10.4 Å². The molecule has 3 aliphatic rings. The maximum absolute atomic E-state index is 14.5. The quantitative estimate of drug-likeness (QED) is 0.463. The second-order valence-electron chi connectivity index (χ2n) is 10.4. The van der Waals surface area contributed by atoms with Crippen LogP contribution < -0.4 is 5.32 Å². The number of benzene rings is 1. The molecule has 0 saturated heterocycles. The van der Waals surface area contributed by atoms with Gasteiger partial charge >= 0.3 is 0 Å². The summed E-state index contributed by atoms with van der Waals surface area (Å²) in [5.41, 5.74) is 3.26. The van der Waals surface area contributed by atoms with Crippen LogP contribution in [0.4, 0.5) is 8.78 Å². The predicted molar refractivity (Wildman–Crippen MR) is 136 cm³/mol. The molecule has 1 fully saturated rings. The van der Waals surface area contributed by atoms with E-state index in [1.54, 1.807) is 24.5 Å². The van der Waals surface area contributed by atoms with Crippen molar-refractivity contribution >= 4 is 12.0 Å². The van der Waals surface area contributed by atoms with Gasteiger partial charge in [-0.2, -0.15) is 5.10 Å². The number of carbonyl (C=O) groups is 1. The molecule has 0 unspecified atom stereocenters. The first-order valence-electron chi connectivity index (χ1n) is 12.2. The predicted octanol–water partition coefficient (Wildman–Crippen LogP) is 5.62. The van der Waals surface area contributed by atoms with E-state index in [2.05, 4.69) is 40.9 Å². The second kappa shape index (κ2) is 8.23. The molecule has 2 bridgehead atoms. The van der Waals surface area contributed by atoms with E-state index in [-0.39, 0.29) is 34.8 Å². The Morgan fingerprint density at radius 2 is 1.89 bits per heavy atom. The number of nitrogens with one attached hydrogen (secondary N) is 1. The van der Waals surface area contributed by atoms with Gasteiger partial charge < -0.3 is 5.32 Å². The van der Waals surface area contributed by atoms with Crippen LogP contribution in [0.25, 0.3) is 11.3 Å². The van der Waals surface area contributed by atoms with Crippen LogP contribution in [-0.4, -0.2) is 27.2 Å². The van der Waals surface area contributed by atoms with Crippen LogP contribution in [0.5, 0.6) is 0 Å². The Morgan fingerprint density at radius 1 is 1.14 bits per heavy atom. The molecular weight excluding hydrogens is 472 g/mol. The molecule has 3 heterocycles. The molecule has 0 spiro atoms. The van der Waals surface area contributed by atoms with Crippen molar-refractivity contribution in [2.75, 3.05) is 0 Å². The Bertz CT molecular complexity index is 1520. The van der Waals surface area contributed by atoms with Crippen molar-refractivity contribution in [1.29, 1.82) is 0 Å². The molecular formula is C29H25F2N5O. The van der Waals surface area contributed by atoms with Crippen LogP contribution in [0.3, 0.4) is 0 Å². The number of ketones is 1. The highest BCUT2D eigenvalue weighted by Crippen LogP contribution is 2.69. The number of carbonyl (C=O) groups excluding carboxylic acids is 1. The number of rotatable bonds is 5. The van der Waals surface area contributed by atoms with Gasteiger partial charge in [-0.15, -0.1) is 5.10 Å². The fourth-order valence-corrected chi connectivity index (χ4v) is 6.35. The maximum atomic E-state index is 14.5. The lowest BCUT2D eigenvalue weighted by Gasteiger charge is -2.37. The zero-order chi connectivity index (χ0) is 25.9.